The monoisotopic (exact) mass is 447 g/mol. The Morgan fingerprint density at radius 3 is 2.30 bits per heavy atom. The molecule has 0 saturated carbocycles. The summed E-state index contributed by atoms with van der Waals surface area (Å²) in [5, 5.41) is 2.97. The molecule has 0 fully saturated rings. The summed E-state index contributed by atoms with van der Waals surface area (Å²) in [4.78, 5) is 25.9. The van der Waals surface area contributed by atoms with Gasteiger partial charge in [0.15, 0.2) is 0 Å². The molecule has 0 aliphatic heterocycles. The Morgan fingerprint density at radius 1 is 1.00 bits per heavy atom. The number of aromatic nitrogens is 2. The standard InChI is InChI=1S/C26H26FN3O3/c1-16(2)33-26(32)23-14-22-21(12-13-29(22)20-10-8-19(27)9-11-20)30(23)15-24(31)28-25-17(3)6-5-7-18(25)4/h5-14,16H,15H2,1-4H3,(H,28,31). The number of anilines is 1. The third-order valence-electron chi connectivity index (χ3n) is 5.46. The highest BCUT2D eigenvalue weighted by molar-refractivity contribution is 5.98. The number of benzene rings is 2. The summed E-state index contributed by atoms with van der Waals surface area (Å²) < 4.78 is 22.3. The van der Waals surface area contributed by atoms with E-state index in [9.17, 15) is 14.0 Å². The van der Waals surface area contributed by atoms with Crippen LogP contribution in [-0.4, -0.2) is 27.1 Å². The first-order valence-electron chi connectivity index (χ1n) is 10.8. The van der Waals surface area contributed by atoms with E-state index in [2.05, 4.69) is 5.32 Å². The van der Waals surface area contributed by atoms with Gasteiger partial charge in [-0.1, -0.05) is 18.2 Å². The highest BCUT2D eigenvalue weighted by Gasteiger charge is 2.22. The third kappa shape index (κ3) is 4.53. The lowest BCUT2D eigenvalue weighted by atomic mass is 10.1. The first-order chi connectivity index (χ1) is 15.7. The number of nitrogens with one attached hydrogen (secondary N) is 1. The van der Waals surface area contributed by atoms with Gasteiger partial charge in [-0.05, 0) is 75.2 Å². The van der Waals surface area contributed by atoms with Gasteiger partial charge in [0.05, 0.1) is 17.1 Å². The molecule has 2 aromatic heterocycles. The summed E-state index contributed by atoms with van der Waals surface area (Å²) in [5.74, 6) is -1.09. The number of aryl methyl sites for hydroxylation is 2. The van der Waals surface area contributed by atoms with E-state index in [-0.39, 0.29) is 30.1 Å². The lowest BCUT2D eigenvalue weighted by Gasteiger charge is -2.14. The summed E-state index contributed by atoms with van der Waals surface area (Å²) in [6, 6.07) is 15.4. The number of ether oxygens (including phenoxy) is 1. The fourth-order valence-electron chi connectivity index (χ4n) is 3.92. The van der Waals surface area contributed by atoms with Crippen molar-refractivity contribution in [2.45, 2.75) is 40.3 Å². The van der Waals surface area contributed by atoms with E-state index in [0.29, 0.717) is 5.52 Å². The molecule has 7 heteroatoms. The molecule has 0 aliphatic rings. The molecule has 2 aromatic carbocycles. The zero-order chi connectivity index (χ0) is 23.7. The fraction of sp³-hybridized carbons (Fsp3) is 0.231. The van der Waals surface area contributed by atoms with Gasteiger partial charge >= 0.3 is 5.97 Å². The minimum atomic E-state index is -0.508. The lowest BCUT2D eigenvalue weighted by molar-refractivity contribution is -0.116. The number of halogens is 1. The van der Waals surface area contributed by atoms with Gasteiger partial charge in [0.1, 0.15) is 18.1 Å². The quantitative estimate of drug-likeness (QED) is 0.403. The van der Waals surface area contributed by atoms with Crippen LogP contribution in [0.2, 0.25) is 0 Å². The van der Waals surface area contributed by atoms with Crippen molar-refractivity contribution in [1.29, 1.82) is 0 Å². The molecule has 0 atom stereocenters. The van der Waals surface area contributed by atoms with Crippen molar-refractivity contribution < 1.29 is 18.7 Å². The molecule has 4 rings (SSSR count). The van der Waals surface area contributed by atoms with E-state index in [4.69, 9.17) is 4.74 Å². The average molecular weight is 448 g/mol. The smallest absolute Gasteiger partial charge is 0.355 e. The van der Waals surface area contributed by atoms with Crippen molar-refractivity contribution in [2.75, 3.05) is 5.32 Å². The van der Waals surface area contributed by atoms with Crippen LogP contribution in [0.15, 0.2) is 60.8 Å². The number of hydrogen-bond donors (Lipinski definition) is 1. The molecule has 1 amide bonds. The van der Waals surface area contributed by atoms with Crippen molar-refractivity contribution in [2.24, 2.45) is 0 Å². The van der Waals surface area contributed by atoms with E-state index in [1.54, 1.807) is 36.6 Å². The number of nitrogens with zero attached hydrogens (tertiary/aromatic N) is 2. The highest BCUT2D eigenvalue weighted by atomic mass is 19.1. The average Bonchev–Trinajstić information content (AvgIpc) is 3.31. The van der Waals surface area contributed by atoms with Crippen molar-refractivity contribution in [1.82, 2.24) is 9.13 Å². The molecule has 2 heterocycles. The van der Waals surface area contributed by atoms with Gasteiger partial charge in [0.2, 0.25) is 5.91 Å². The second-order valence-corrected chi connectivity index (χ2v) is 8.32. The maximum atomic E-state index is 13.4. The van der Waals surface area contributed by atoms with Gasteiger partial charge in [-0.15, -0.1) is 0 Å². The number of hydrogen-bond acceptors (Lipinski definition) is 3. The van der Waals surface area contributed by atoms with Crippen LogP contribution in [-0.2, 0) is 16.1 Å². The Hall–Kier alpha value is -3.87. The van der Waals surface area contributed by atoms with Crippen LogP contribution in [0.4, 0.5) is 10.1 Å². The summed E-state index contributed by atoms with van der Waals surface area (Å²) in [7, 11) is 0. The van der Waals surface area contributed by atoms with Gasteiger partial charge in [-0.2, -0.15) is 0 Å². The summed E-state index contributed by atoms with van der Waals surface area (Å²) >= 11 is 0. The second kappa shape index (κ2) is 8.94. The van der Waals surface area contributed by atoms with Crippen LogP contribution in [0.5, 0.6) is 0 Å². The Labute approximate surface area is 191 Å². The van der Waals surface area contributed by atoms with Crippen molar-refractivity contribution in [3.63, 3.8) is 0 Å². The Bertz CT molecular complexity index is 1310. The van der Waals surface area contributed by atoms with E-state index in [1.165, 1.54) is 12.1 Å². The molecule has 4 aromatic rings. The summed E-state index contributed by atoms with van der Waals surface area (Å²) in [6.45, 7) is 7.36. The van der Waals surface area contributed by atoms with E-state index >= 15 is 0 Å². The number of carbonyl (C=O) groups is 2. The topological polar surface area (TPSA) is 65.3 Å². The van der Waals surface area contributed by atoms with Crippen LogP contribution in [0.3, 0.4) is 0 Å². The maximum Gasteiger partial charge on any atom is 0.355 e. The number of para-hydroxylation sites is 1. The number of fused-ring (bicyclic) bond motifs is 1. The molecule has 6 nitrogen and oxygen atoms in total. The zero-order valence-corrected chi connectivity index (χ0v) is 19.1. The number of amides is 1. The van der Waals surface area contributed by atoms with E-state index in [0.717, 1.165) is 28.0 Å². The summed E-state index contributed by atoms with van der Waals surface area (Å²) in [6.07, 6.45) is 1.53. The van der Waals surface area contributed by atoms with Crippen molar-refractivity contribution >= 4 is 28.6 Å². The Balaban J connectivity index is 1.74. The first-order valence-corrected chi connectivity index (χ1v) is 10.8. The van der Waals surface area contributed by atoms with E-state index < -0.39 is 5.97 Å². The van der Waals surface area contributed by atoms with Gasteiger partial charge in [0.25, 0.3) is 0 Å². The molecule has 1 N–H and O–H groups in total. The Kier molecular flexibility index (Phi) is 6.05. The molecular weight excluding hydrogens is 421 g/mol. The van der Waals surface area contributed by atoms with E-state index in [1.807, 2.05) is 48.9 Å². The molecule has 0 radical (unpaired) electrons. The van der Waals surface area contributed by atoms with Crippen LogP contribution in [0, 0.1) is 19.7 Å². The van der Waals surface area contributed by atoms with Crippen LogP contribution < -0.4 is 5.32 Å². The third-order valence-corrected chi connectivity index (χ3v) is 5.46. The SMILES string of the molecule is Cc1cccc(C)c1NC(=O)Cn1c(C(=O)OC(C)C)cc2c1ccn2-c1ccc(F)cc1. The minimum absolute atomic E-state index is 0.0623. The van der Waals surface area contributed by atoms with Crippen LogP contribution in [0.25, 0.3) is 16.7 Å². The predicted octanol–water partition coefficient (Wildman–Crippen LogP) is 5.39. The highest BCUT2D eigenvalue weighted by Crippen LogP contribution is 2.26. The molecule has 0 bridgehead atoms. The van der Waals surface area contributed by atoms with Crippen molar-refractivity contribution in [3.8, 4) is 5.69 Å². The van der Waals surface area contributed by atoms with Crippen LogP contribution >= 0.6 is 0 Å². The number of rotatable bonds is 6. The molecule has 170 valence electrons. The Morgan fingerprint density at radius 2 is 1.67 bits per heavy atom. The van der Waals surface area contributed by atoms with Gasteiger partial charge in [-0.3, -0.25) is 4.79 Å². The summed E-state index contributed by atoms with van der Waals surface area (Å²) in [5.41, 5.74) is 5.13. The molecule has 33 heavy (non-hydrogen) atoms. The number of carbonyl (C=O) groups excluding carboxylic acids is 2. The molecule has 0 aliphatic carbocycles. The van der Waals surface area contributed by atoms with Gasteiger partial charge in [-0.25, -0.2) is 9.18 Å². The minimum Gasteiger partial charge on any atom is -0.458 e. The maximum absolute atomic E-state index is 13.4. The first kappa shape index (κ1) is 22.3. The molecule has 0 spiro atoms. The lowest BCUT2D eigenvalue weighted by Crippen LogP contribution is -2.23. The van der Waals surface area contributed by atoms with Crippen LogP contribution in [0.1, 0.15) is 35.5 Å². The molecule has 0 saturated heterocycles. The molecule has 0 unspecified atom stereocenters. The number of esters is 1. The predicted molar refractivity (Wildman–Crippen MR) is 126 cm³/mol. The molecular formula is C26H26FN3O3. The second-order valence-electron chi connectivity index (χ2n) is 8.32. The largest absolute Gasteiger partial charge is 0.458 e. The fourth-order valence-corrected chi connectivity index (χ4v) is 3.92. The van der Waals surface area contributed by atoms with Crippen molar-refractivity contribution in [3.05, 3.63) is 83.4 Å². The van der Waals surface area contributed by atoms with Gasteiger partial charge < -0.3 is 19.2 Å². The van der Waals surface area contributed by atoms with Gasteiger partial charge in [0, 0.05) is 17.6 Å². The normalized spacial score (nSPS) is 11.2. The zero-order valence-electron chi connectivity index (χ0n) is 19.1.